The molecule has 2 aromatic rings. The molecule has 0 bridgehead atoms. The number of esters is 4. The van der Waals surface area contributed by atoms with E-state index in [-0.39, 0.29) is 41.6 Å². The molecule has 8 heteroatoms. The second kappa shape index (κ2) is 12.0. The molecule has 2 rings (SSSR count). The molecule has 0 heterocycles. The van der Waals surface area contributed by atoms with Gasteiger partial charge in [0, 0.05) is 11.1 Å². The predicted molar refractivity (Wildman–Crippen MR) is 133 cm³/mol. The molecule has 0 spiro atoms. The Hall–Kier alpha value is -4.20. The van der Waals surface area contributed by atoms with Gasteiger partial charge in [-0.2, -0.15) is 0 Å². The molecule has 0 atom stereocenters. The first-order chi connectivity index (χ1) is 16.8. The van der Waals surface area contributed by atoms with E-state index in [4.69, 9.17) is 18.9 Å². The van der Waals surface area contributed by atoms with Gasteiger partial charge >= 0.3 is 23.9 Å². The van der Waals surface area contributed by atoms with Gasteiger partial charge in [0.25, 0.3) is 0 Å². The van der Waals surface area contributed by atoms with E-state index in [0.717, 1.165) is 0 Å². The molecular formula is C28H30O8. The molecule has 2 aromatic carbocycles. The van der Waals surface area contributed by atoms with Crippen molar-refractivity contribution in [3.05, 3.63) is 72.3 Å². The van der Waals surface area contributed by atoms with E-state index in [1.165, 1.54) is 19.9 Å². The Morgan fingerprint density at radius 2 is 1.31 bits per heavy atom. The van der Waals surface area contributed by atoms with Crippen molar-refractivity contribution in [1.82, 2.24) is 0 Å². The lowest BCUT2D eigenvalue weighted by molar-refractivity contribution is -0.143. The van der Waals surface area contributed by atoms with Crippen molar-refractivity contribution in [1.29, 1.82) is 0 Å². The van der Waals surface area contributed by atoms with Gasteiger partial charge in [-0.3, -0.25) is 4.79 Å². The summed E-state index contributed by atoms with van der Waals surface area (Å²) in [5, 5.41) is 0. The third kappa shape index (κ3) is 8.23. The molecule has 0 aromatic heterocycles. The third-order valence-electron chi connectivity index (χ3n) is 4.61. The minimum absolute atomic E-state index is 0.115. The Kier molecular flexibility index (Phi) is 9.32. The molecule has 0 fully saturated rings. The molecule has 0 aliphatic heterocycles. The monoisotopic (exact) mass is 494 g/mol. The first-order valence-electron chi connectivity index (χ1n) is 11.1. The number of hydrogen-bond acceptors (Lipinski definition) is 8. The normalized spacial score (nSPS) is 10.7. The predicted octanol–water partition coefficient (Wildman–Crippen LogP) is 5.06. The summed E-state index contributed by atoms with van der Waals surface area (Å²) < 4.78 is 20.8. The number of ether oxygens (including phenoxy) is 4. The Labute approximate surface area is 210 Å². The van der Waals surface area contributed by atoms with Crippen molar-refractivity contribution in [3.8, 4) is 22.6 Å². The van der Waals surface area contributed by atoms with Crippen LogP contribution in [-0.4, -0.2) is 37.1 Å². The minimum atomic E-state index is -0.702. The highest BCUT2D eigenvalue weighted by Gasteiger charge is 2.23. The van der Waals surface area contributed by atoms with Crippen LogP contribution in [0, 0.1) is 5.41 Å². The van der Waals surface area contributed by atoms with Crippen LogP contribution < -0.4 is 9.47 Å². The fourth-order valence-corrected chi connectivity index (χ4v) is 2.59. The van der Waals surface area contributed by atoms with Crippen LogP contribution in [0.3, 0.4) is 0 Å². The van der Waals surface area contributed by atoms with E-state index >= 15 is 0 Å². The number of rotatable bonds is 9. The van der Waals surface area contributed by atoms with Crippen molar-refractivity contribution in [3.63, 3.8) is 0 Å². The van der Waals surface area contributed by atoms with E-state index in [1.807, 2.05) is 0 Å². The number of hydrogen-bond donors (Lipinski definition) is 0. The number of carbonyl (C=O) groups is 4. The molecule has 0 aliphatic carbocycles. The highest BCUT2D eigenvalue weighted by Crippen LogP contribution is 2.29. The van der Waals surface area contributed by atoms with Gasteiger partial charge in [-0.25, -0.2) is 14.4 Å². The molecule has 190 valence electrons. The topological polar surface area (TPSA) is 105 Å². The standard InChI is InChI=1S/C28H30O8/c1-17(2)24(29)33-12-13-34-26(31)21-14-20(15-23(16-21)35-25(30)18(3)4)19-8-10-22(11-9-19)36-27(32)28(5,6)7/h8-11,14-16H,1,3,12-13H2,2,4-7H3. The average molecular weight is 495 g/mol. The van der Waals surface area contributed by atoms with E-state index in [9.17, 15) is 19.2 Å². The Morgan fingerprint density at radius 1 is 0.722 bits per heavy atom. The van der Waals surface area contributed by atoms with E-state index in [0.29, 0.717) is 16.9 Å². The Bertz CT molecular complexity index is 1180. The second-order valence-electron chi connectivity index (χ2n) is 9.13. The molecule has 8 nitrogen and oxygen atoms in total. The molecule has 0 N–H and O–H groups in total. The van der Waals surface area contributed by atoms with Crippen molar-refractivity contribution < 1.29 is 38.1 Å². The first-order valence-corrected chi connectivity index (χ1v) is 11.1. The molecule has 36 heavy (non-hydrogen) atoms. The highest BCUT2D eigenvalue weighted by atomic mass is 16.6. The van der Waals surface area contributed by atoms with Gasteiger partial charge in [0.2, 0.25) is 0 Å². The quantitative estimate of drug-likeness (QED) is 0.206. The first kappa shape index (κ1) is 28.0. The van der Waals surface area contributed by atoms with Gasteiger partial charge in [-0.05, 0) is 76.1 Å². The smallest absolute Gasteiger partial charge is 0.338 e. The average Bonchev–Trinajstić information content (AvgIpc) is 2.80. The van der Waals surface area contributed by atoms with Crippen molar-refractivity contribution in [2.24, 2.45) is 5.41 Å². The zero-order valence-electron chi connectivity index (χ0n) is 21.1. The van der Waals surface area contributed by atoms with Gasteiger partial charge in [-0.1, -0.05) is 25.3 Å². The zero-order valence-corrected chi connectivity index (χ0v) is 21.1. The van der Waals surface area contributed by atoms with Gasteiger partial charge in [0.15, 0.2) is 0 Å². The van der Waals surface area contributed by atoms with Gasteiger partial charge in [-0.15, -0.1) is 0 Å². The van der Waals surface area contributed by atoms with Crippen LogP contribution in [-0.2, 0) is 23.9 Å². The van der Waals surface area contributed by atoms with Crippen LogP contribution in [0.2, 0.25) is 0 Å². The molecule has 0 saturated carbocycles. The summed E-state index contributed by atoms with van der Waals surface area (Å²) in [6, 6.07) is 11.2. The lowest BCUT2D eigenvalue weighted by Crippen LogP contribution is -2.25. The van der Waals surface area contributed by atoms with Crippen LogP contribution in [0.5, 0.6) is 11.5 Å². The molecule has 0 amide bonds. The summed E-state index contributed by atoms with van der Waals surface area (Å²) in [7, 11) is 0. The summed E-state index contributed by atoms with van der Waals surface area (Å²) in [5.41, 5.74) is 1.11. The number of benzene rings is 2. The van der Waals surface area contributed by atoms with Gasteiger partial charge < -0.3 is 18.9 Å². The molecule has 0 saturated heterocycles. The third-order valence-corrected chi connectivity index (χ3v) is 4.61. The fraction of sp³-hybridized carbons (Fsp3) is 0.286. The molecule has 0 radical (unpaired) electrons. The summed E-state index contributed by atoms with van der Waals surface area (Å²) in [4.78, 5) is 48.3. The maximum absolute atomic E-state index is 12.7. The SMILES string of the molecule is C=C(C)C(=O)OCCOC(=O)c1cc(OC(=O)C(=C)C)cc(-c2ccc(OC(=O)C(C)(C)C)cc2)c1. The summed E-state index contributed by atoms with van der Waals surface area (Å²) in [6.45, 7) is 15.0. The van der Waals surface area contributed by atoms with Crippen LogP contribution in [0.4, 0.5) is 0 Å². The Balaban J connectivity index is 2.27. The zero-order chi connectivity index (χ0) is 27.0. The van der Waals surface area contributed by atoms with Crippen LogP contribution >= 0.6 is 0 Å². The lowest BCUT2D eigenvalue weighted by Gasteiger charge is -2.16. The number of carbonyl (C=O) groups excluding carboxylic acids is 4. The molecule has 0 unspecified atom stereocenters. The molecular weight excluding hydrogens is 464 g/mol. The lowest BCUT2D eigenvalue weighted by atomic mass is 9.97. The summed E-state index contributed by atoms with van der Waals surface area (Å²) in [6.07, 6.45) is 0. The minimum Gasteiger partial charge on any atom is -0.459 e. The maximum Gasteiger partial charge on any atom is 0.338 e. The highest BCUT2D eigenvalue weighted by molar-refractivity contribution is 5.93. The van der Waals surface area contributed by atoms with Crippen molar-refractivity contribution in [2.45, 2.75) is 34.6 Å². The van der Waals surface area contributed by atoms with Crippen LogP contribution in [0.25, 0.3) is 11.1 Å². The summed E-state index contributed by atoms with van der Waals surface area (Å²) >= 11 is 0. The molecule has 0 aliphatic rings. The fourth-order valence-electron chi connectivity index (χ4n) is 2.59. The van der Waals surface area contributed by atoms with Crippen molar-refractivity contribution >= 4 is 23.9 Å². The van der Waals surface area contributed by atoms with E-state index in [2.05, 4.69) is 13.2 Å². The largest absolute Gasteiger partial charge is 0.459 e. The van der Waals surface area contributed by atoms with Crippen LogP contribution in [0.1, 0.15) is 45.0 Å². The van der Waals surface area contributed by atoms with E-state index in [1.54, 1.807) is 57.2 Å². The Morgan fingerprint density at radius 3 is 1.86 bits per heavy atom. The van der Waals surface area contributed by atoms with E-state index < -0.39 is 23.3 Å². The van der Waals surface area contributed by atoms with Gasteiger partial charge in [0.05, 0.1) is 11.0 Å². The maximum atomic E-state index is 12.7. The summed E-state index contributed by atoms with van der Waals surface area (Å²) in [5.74, 6) is -1.83. The second-order valence-corrected chi connectivity index (χ2v) is 9.13. The van der Waals surface area contributed by atoms with Gasteiger partial charge in [0.1, 0.15) is 24.7 Å². The van der Waals surface area contributed by atoms with Crippen LogP contribution in [0.15, 0.2) is 66.8 Å². The van der Waals surface area contributed by atoms with Crippen molar-refractivity contribution in [2.75, 3.05) is 13.2 Å².